The molecule has 200 valence electrons. The number of likely N-dealkylation sites (tertiary alicyclic amines) is 1. The fraction of sp³-hybridized carbons (Fsp3) is 0.393. The van der Waals surface area contributed by atoms with Crippen molar-refractivity contribution in [2.45, 2.75) is 45.6 Å². The summed E-state index contributed by atoms with van der Waals surface area (Å²) in [6.45, 7) is 6.35. The lowest BCUT2D eigenvalue weighted by Crippen LogP contribution is -2.43. The highest BCUT2D eigenvalue weighted by Gasteiger charge is 2.23. The van der Waals surface area contributed by atoms with Crippen LogP contribution < -0.4 is 11.0 Å². The Morgan fingerprint density at radius 1 is 1.13 bits per heavy atom. The van der Waals surface area contributed by atoms with Gasteiger partial charge in [0.2, 0.25) is 0 Å². The summed E-state index contributed by atoms with van der Waals surface area (Å²) in [4.78, 5) is 26.5. The molecule has 2 aromatic heterocycles. The fourth-order valence-corrected chi connectivity index (χ4v) is 5.38. The number of nitrogens with one attached hydrogen (secondary N) is 2. The summed E-state index contributed by atoms with van der Waals surface area (Å²) >= 11 is 0. The zero-order valence-corrected chi connectivity index (χ0v) is 21.9. The molecule has 0 spiro atoms. The predicted octanol–water partition coefficient (Wildman–Crippen LogP) is 4.16. The van der Waals surface area contributed by atoms with Gasteiger partial charge in [-0.05, 0) is 67.0 Å². The van der Waals surface area contributed by atoms with Crippen molar-refractivity contribution in [3.8, 4) is 28.6 Å². The lowest BCUT2D eigenvalue weighted by Gasteiger charge is -2.31. The summed E-state index contributed by atoms with van der Waals surface area (Å²) in [7, 11) is 1.67. The quantitative estimate of drug-likeness (QED) is 0.305. The number of nitrogens with zero attached hydrogens (tertiary/aromatic N) is 4. The summed E-state index contributed by atoms with van der Waals surface area (Å²) in [5.74, 6) is 0.726. The van der Waals surface area contributed by atoms with Gasteiger partial charge in [0.05, 0.1) is 11.3 Å². The SMILES string of the molecule is CNC(=O)N1CCC(CCn2ccc3cc(-n4c(-c5cc(C(C)C)c(O)cc5O)n[nH]c4=O)ccc32)CC1. The van der Waals surface area contributed by atoms with Crippen LogP contribution in [-0.2, 0) is 6.54 Å². The second-order valence-corrected chi connectivity index (χ2v) is 10.3. The van der Waals surface area contributed by atoms with Crippen LogP contribution in [0.2, 0.25) is 0 Å². The van der Waals surface area contributed by atoms with Gasteiger partial charge in [0.25, 0.3) is 0 Å². The lowest BCUT2D eigenvalue weighted by atomic mass is 9.93. The molecule has 2 aromatic carbocycles. The Bertz CT molecular complexity index is 1520. The van der Waals surface area contributed by atoms with Crippen LogP contribution in [0.3, 0.4) is 0 Å². The van der Waals surface area contributed by atoms with E-state index in [9.17, 15) is 19.8 Å². The first kappa shape index (κ1) is 25.4. The van der Waals surface area contributed by atoms with Crippen molar-refractivity contribution in [1.82, 2.24) is 29.5 Å². The maximum Gasteiger partial charge on any atom is 0.348 e. The normalized spacial score (nSPS) is 14.5. The van der Waals surface area contributed by atoms with Gasteiger partial charge in [0, 0.05) is 49.8 Å². The third kappa shape index (κ3) is 4.73. The number of aromatic nitrogens is 4. The smallest absolute Gasteiger partial charge is 0.348 e. The van der Waals surface area contributed by atoms with Gasteiger partial charge in [0.15, 0.2) is 5.82 Å². The minimum atomic E-state index is -0.416. The number of aryl methyl sites for hydroxylation is 1. The van der Waals surface area contributed by atoms with Crippen LogP contribution in [-0.4, -0.2) is 60.6 Å². The number of hydrogen-bond acceptors (Lipinski definition) is 5. The molecule has 0 radical (unpaired) electrons. The van der Waals surface area contributed by atoms with Crippen LogP contribution in [0.25, 0.3) is 28.0 Å². The molecule has 0 aliphatic carbocycles. The van der Waals surface area contributed by atoms with E-state index in [4.69, 9.17) is 0 Å². The Balaban J connectivity index is 1.38. The number of hydrogen-bond donors (Lipinski definition) is 4. The number of phenols is 2. The van der Waals surface area contributed by atoms with Crippen LogP contribution in [0.4, 0.5) is 4.79 Å². The highest BCUT2D eigenvalue weighted by Crippen LogP contribution is 2.37. The van der Waals surface area contributed by atoms with Gasteiger partial charge >= 0.3 is 11.7 Å². The van der Waals surface area contributed by atoms with Crippen LogP contribution in [0.1, 0.15) is 44.6 Å². The molecule has 2 amide bonds. The third-order valence-corrected chi connectivity index (χ3v) is 7.59. The highest BCUT2D eigenvalue weighted by molar-refractivity contribution is 5.83. The minimum absolute atomic E-state index is 0.00321. The summed E-state index contributed by atoms with van der Waals surface area (Å²) in [5, 5.41) is 31.2. The molecule has 1 aliphatic rings. The lowest BCUT2D eigenvalue weighted by molar-refractivity contribution is 0.168. The number of phenolic OH excluding ortho intramolecular Hbond substituents is 2. The minimum Gasteiger partial charge on any atom is -0.508 e. The monoisotopic (exact) mass is 518 g/mol. The Morgan fingerprint density at radius 2 is 1.89 bits per heavy atom. The van der Waals surface area contributed by atoms with Gasteiger partial charge in [0.1, 0.15) is 11.5 Å². The molecule has 1 aliphatic heterocycles. The van der Waals surface area contributed by atoms with E-state index in [1.54, 1.807) is 13.1 Å². The fourth-order valence-electron chi connectivity index (χ4n) is 5.38. The van der Waals surface area contributed by atoms with E-state index in [1.807, 2.05) is 43.0 Å². The number of H-pyrrole nitrogens is 1. The van der Waals surface area contributed by atoms with Gasteiger partial charge in [-0.15, -0.1) is 0 Å². The maximum absolute atomic E-state index is 12.8. The second-order valence-electron chi connectivity index (χ2n) is 10.3. The largest absolute Gasteiger partial charge is 0.508 e. The summed E-state index contributed by atoms with van der Waals surface area (Å²) in [6.07, 6.45) is 5.11. The first-order chi connectivity index (χ1) is 18.3. The number of amides is 2. The van der Waals surface area contributed by atoms with E-state index in [-0.39, 0.29) is 29.3 Å². The van der Waals surface area contributed by atoms with Crippen molar-refractivity contribution >= 4 is 16.9 Å². The predicted molar refractivity (Wildman–Crippen MR) is 146 cm³/mol. The van der Waals surface area contributed by atoms with Crippen molar-refractivity contribution in [2.24, 2.45) is 5.92 Å². The van der Waals surface area contributed by atoms with E-state index in [2.05, 4.69) is 26.3 Å². The maximum atomic E-state index is 12.8. The molecule has 0 unspecified atom stereocenters. The van der Waals surface area contributed by atoms with E-state index in [1.165, 1.54) is 10.6 Å². The Hall–Kier alpha value is -4.21. The zero-order valence-electron chi connectivity index (χ0n) is 21.9. The number of piperidine rings is 1. The number of benzene rings is 2. The van der Waals surface area contributed by atoms with Crippen LogP contribution >= 0.6 is 0 Å². The second kappa shape index (κ2) is 10.3. The molecule has 0 saturated carbocycles. The average Bonchev–Trinajstić information content (AvgIpc) is 3.49. The van der Waals surface area contributed by atoms with Gasteiger partial charge in [-0.3, -0.25) is 0 Å². The molecule has 4 aromatic rings. The molecule has 0 bridgehead atoms. The van der Waals surface area contributed by atoms with Crippen molar-refractivity contribution in [2.75, 3.05) is 20.1 Å². The molecule has 1 fully saturated rings. The Morgan fingerprint density at radius 3 is 2.61 bits per heavy atom. The number of aromatic hydroxyl groups is 2. The number of carbonyl (C=O) groups is 1. The standard InChI is InChI=1S/C28H34N6O4/c1-17(2)21-15-22(25(36)16-24(21)35)26-30-31-28(38)34(26)20-4-5-23-19(14-20)9-13-32(23)10-6-18-7-11-33(12-8-18)27(37)29-3/h4-5,9,13-18,35-36H,6-8,10-12H2,1-3H3,(H,29,37)(H,31,38). The number of carbonyl (C=O) groups excluding carboxylic acids is 1. The van der Waals surface area contributed by atoms with E-state index in [0.717, 1.165) is 49.8 Å². The first-order valence-corrected chi connectivity index (χ1v) is 13.1. The van der Waals surface area contributed by atoms with Gasteiger partial charge in [-0.25, -0.2) is 19.3 Å². The molecule has 0 atom stereocenters. The highest BCUT2D eigenvalue weighted by atomic mass is 16.3. The van der Waals surface area contributed by atoms with Crippen molar-refractivity contribution in [3.05, 3.63) is 58.6 Å². The van der Waals surface area contributed by atoms with Crippen molar-refractivity contribution < 1.29 is 15.0 Å². The van der Waals surface area contributed by atoms with Gasteiger partial charge in [-0.1, -0.05) is 13.8 Å². The number of aromatic amines is 1. The molecule has 4 N–H and O–H groups in total. The van der Waals surface area contributed by atoms with Crippen LogP contribution in [0.5, 0.6) is 11.5 Å². The van der Waals surface area contributed by atoms with E-state index < -0.39 is 5.69 Å². The van der Waals surface area contributed by atoms with Crippen molar-refractivity contribution in [3.63, 3.8) is 0 Å². The molecule has 5 rings (SSSR count). The first-order valence-electron chi connectivity index (χ1n) is 13.1. The number of fused-ring (bicyclic) bond motifs is 1. The molecular formula is C28H34N6O4. The van der Waals surface area contributed by atoms with Crippen LogP contribution in [0.15, 0.2) is 47.4 Å². The molecule has 10 nitrogen and oxygen atoms in total. The Labute approximate surface area is 220 Å². The molecule has 3 heterocycles. The van der Waals surface area contributed by atoms with E-state index >= 15 is 0 Å². The van der Waals surface area contributed by atoms with Crippen molar-refractivity contribution in [1.29, 1.82) is 0 Å². The summed E-state index contributed by atoms with van der Waals surface area (Å²) in [6, 6.07) is 10.8. The third-order valence-electron chi connectivity index (χ3n) is 7.59. The molecule has 1 saturated heterocycles. The van der Waals surface area contributed by atoms with Crippen LogP contribution in [0, 0.1) is 5.92 Å². The summed E-state index contributed by atoms with van der Waals surface area (Å²) < 4.78 is 3.66. The molecule has 38 heavy (non-hydrogen) atoms. The summed E-state index contributed by atoms with van der Waals surface area (Å²) in [5.41, 5.74) is 2.31. The number of urea groups is 1. The van der Waals surface area contributed by atoms with Gasteiger partial charge in [-0.2, -0.15) is 5.10 Å². The zero-order chi connectivity index (χ0) is 27.0. The Kier molecular flexibility index (Phi) is 6.88. The topological polar surface area (TPSA) is 128 Å². The average molecular weight is 519 g/mol. The van der Waals surface area contributed by atoms with E-state index in [0.29, 0.717) is 22.7 Å². The molecule has 10 heteroatoms. The molecular weight excluding hydrogens is 484 g/mol. The van der Waals surface area contributed by atoms with Gasteiger partial charge < -0.3 is 25.0 Å². The number of rotatable bonds is 6.